The van der Waals surface area contributed by atoms with E-state index >= 15 is 0 Å². The van der Waals surface area contributed by atoms with Crippen molar-refractivity contribution in [2.75, 3.05) is 7.11 Å². The summed E-state index contributed by atoms with van der Waals surface area (Å²) in [7, 11) is 1.60. The Bertz CT molecular complexity index is 601. The van der Waals surface area contributed by atoms with Gasteiger partial charge in [-0.25, -0.2) is 0 Å². The minimum atomic E-state index is -0.224. The Morgan fingerprint density at radius 3 is 2.58 bits per heavy atom. The highest BCUT2D eigenvalue weighted by Gasteiger charge is 2.14. The zero-order chi connectivity index (χ0) is 14.0. The molecule has 0 aliphatic rings. The van der Waals surface area contributed by atoms with Crippen LogP contribution in [0.25, 0.3) is 0 Å². The van der Waals surface area contributed by atoms with E-state index in [1.54, 1.807) is 7.11 Å². The topological polar surface area (TPSA) is 35.2 Å². The molecular formula is C15H15BrClNO. The fourth-order valence-electron chi connectivity index (χ4n) is 1.96. The van der Waals surface area contributed by atoms with Gasteiger partial charge in [-0.15, -0.1) is 0 Å². The Morgan fingerprint density at radius 2 is 1.95 bits per heavy atom. The van der Waals surface area contributed by atoms with E-state index in [2.05, 4.69) is 22.0 Å². The van der Waals surface area contributed by atoms with Crippen molar-refractivity contribution in [3.63, 3.8) is 0 Å². The lowest BCUT2D eigenvalue weighted by Gasteiger charge is -2.16. The third kappa shape index (κ3) is 3.11. The predicted octanol–water partition coefficient (Wildman–Crippen LogP) is 4.47. The third-order valence-corrected chi connectivity index (χ3v) is 4.04. The van der Waals surface area contributed by atoms with Crippen molar-refractivity contribution in [3.05, 3.63) is 62.6 Å². The highest BCUT2D eigenvalue weighted by molar-refractivity contribution is 9.10. The largest absolute Gasteiger partial charge is 0.495 e. The Hall–Kier alpha value is -1.03. The average Bonchev–Trinajstić information content (AvgIpc) is 2.40. The van der Waals surface area contributed by atoms with Crippen LogP contribution < -0.4 is 10.5 Å². The van der Waals surface area contributed by atoms with E-state index in [1.165, 1.54) is 5.56 Å². The van der Waals surface area contributed by atoms with Gasteiger partial charge in [0.1, 0.15) is 5.75 Å². The first-order valence-electron chi connectivity index (χ1n) is 5.88. The highest BCUT2D eigenvalue weighted by Crippen LogP contribution is 2.32. The molecule has 1 atom stereocenters. The summed E-state index contributed by atoms with van der Waals surface area (Å²) in [5, 5.41) is 0.569. The summed E-state index contributed by atoms with van der Waals surface area (Å²) in [5.41, 5.74) is 9.49. The molecule has 0 aliphatic heterocycles. The van der Waals surface area contributed by atoms with Gasteiger partial charge in [-0.05, 0) is 36.2 Å². The fourth-order valence-corrected chi connectivity index (χ4v) is 2.72. The number of halogens is 2. The minimum Gasteiger partial charge on any atom is -0.495 e. The molecule has 2 nitrogen and oxygen atoms in total. The lowest BCUT2D eigenvalue weighted by Crippen LogP contribution is -2.12. The lowest BCUT2D eigenvalue weighted by molar-refractivity contribution is 0.415. The molecule has 2 rings (SSSR count). The smallest absolute Gasteiger partial charge is 0.137 e. The van der Waals surface area contributed by atoms with Gasteiger partial charge in [-0.1, -0.05) is 51.3 Å². The predicted molar refractivity (Wildman–Crippen MR) is 82.9 cm³/mol. The second-order valence-electron chi connectivity index (χ2n) is 4.40. The molecule has 2 aromatic rings. The molecule has 0 aliphatic carbocycles. The molecule has 0 heterocycles. The van der Waals surface area contributed by atoms with Gasteiger partial charge in [0.25, 0.3) is 0 Å². The molecule has 0 spiro atoms. The van der Waals surface area contributed by atoms with Crippen LogP contribution in [0, 0.1) is 6.92 Å². The van der Waals surface area contributed by atoms with Crippen molar-refractivity contribution in [1.82, 2.24) is 0 Å². The van der Waals surface area contributed by atoms with Crippen LogP contribution in [0.3, 0.4) is 0 Å². The van der Waals surface area contributed by atoms with Crippen molar-refractivity contribution in [3.8, 4) is 5.75 Å². The van der Waals surface area contributed by atoms with Crippen molar-refractivity contribution in [2.24, 2.45) is 5.73 Å². The van der Waals surface area contributed by atoms with Gasteiger partial charge in [0.2, 0.25) is 0 Å². The summed E-state index contributed by atoms with van der Waals surface area (Å²) in [6, 6.07) is 11.5. The molecule has 0 radical (unpaired) electrons. The molecular weight excluding hydrogens is 326 g/mol. The van der Waals surface area contributed by atoms with E-state index in [-0.39, 0.29) is 6.04 Å². The molecule has 2 N–H and O–H groups in total. The summed E-state index contributed by atoms with van der Waals surface area (Å²) >= 11 is 9.68. The zero-order valence-electron chi connectivity index (χ0n) is 10.8. The van der Waals surface area contributed by atoms with Crippen molar-refractivity contribution in [1.29, 1.82) is 0 Å². The fraction of sp³-hybridized carbons (Fsp3) is 0.200. The molecule has 0 bridgehead atoms. The SMILES string of the molecule is COc1ccc(C(N)c2cc(C)ccc2Br)cc1Cl. The van der Waals surface area contributed by atoms with Crippen LogP contribution in [0.15, 0.2) is 40.9 Å². The number of nitrogens with two attached hydrogens (primary N) is 1. The number of ether oxygens (including phenoxy) is 1. The average molecular weight is 341 g/mol. The molecule has 19 heavy (non-hydrogen) atoms. The van der Waals surface area contributed by atoms with Crippen LogP contribution in [-0.2, 0) is 0 Å². The van der Waals surface area contributed by atoms with Gasteiger partial charge in [0, 0.05) is 4.47 Å². The lowest BCUT2D eigenvalue weighted by atomic mass is 9.98. The van der Waals surface area contributed by atoms with E-state index in [0.717, 1.165) is 15.6 Å². The quantitative estimate of drug-likeness (QED) is 0.895. The van der Waals surface area contributed by atoms with Gasteiger partial charge in [0.05, 0.1) is 18.2 Å². The monoisotopic (exact) mass is 339 g/mol. The molecule has 2 aromatic carbocycles. The van der Waals surface area contributed by atoms with Gasteiger partial charge < -0.3 is 10.5 Å². The Balaban J connectivity index is 2.41. The summed E-state index contributed by atoms with van der Waals surface area (Å²) in [4.78, 5) is 0. The van der Waals surface area contributed by atoms with Crippen LogP contribution in [0.2, 0.25) is 5.02 Å². The molecule has 0 aromatic heterocycles. The van der Waals surface area contributed by atoms with Crippen LogP contribution in [0.1, 0.15) is 22.7 Å². The Labute approximate surface area is 126 Å². The molecule has 0 saturated carbocycles. The van der Waals surface area contributed by atoms with E-state index in [1.807, 2.05) is 37.3 Å². The van der Waals surface area contributed by atoms with Crippen molar-refractivity contribution in [2.45, 2.75) is 13.0 Å². The number of hydrogen-bond acceptors (Lipinski definition) is 2. The van der Waals surface area contributed by atoms with Crippen LogP contribution in [0.4, 0.5) is 0 Å². The highest BCUT2D eigenvalue weighted by atomic mass is 79.9. The van der Waals surface area contributed by atoms with E-state index < -0.39 is 0 Å². The van der Waals surface area contributed by atoms with Crippen molar-refractivity contribution >= 4 is 27.5 Å². The molecule has 0 fully saturated rings. The Kier molecular flexibility index (Phi) is 4.50. The number of rotatable bonds is 3. The zero-order valence-corrected chi connectivity index (χ0v) is 13.1. The number of aryl methyl sites for hydroxylation is 1. The maximum Gasteiger partial charge on any atom is 0.137 e. The van der Waals surface area contributed by atoms with Crippen LogP contribution in [-0.4, -0.2) is 7.11 Å². The van der Waals surface area contributed by atoms with E-state index in [0.29, 0.717) is 10.8 Å². The number of methoxy groups -OCH3 is 1. The molecule has 100 valence electrons. The molecule has 1 unspecified atom stereocenters. The Morgan fingerprint density at radius 1 is 1.21 bits per heavy atom. The first-order valence-corrected chi connectivity index (χ1v) is 7.05. The summed E-state index contributed by atoms with van der Waals surface area (Å²) < 4.78 is 6.14. The van der Waals surface area contributed by atoms with E-state index in [4.69, 9.17) is 22.1 Å². The van der Waals surface area contributed by atoms with Gasteiger partial charge >= 0.3 is 0 Å². The maximum absolute atomic E-state index is 6.32. The third-order valence-electron chi connectivity index (χ3n) is 3.02. The minimum absolute atomic E-state index is 0.224. The van der Waals surface area contributed by atoms with Gasteiger partial charge in [0.15, 0.2) is 0 Å². The number of benzene rings is 2. The standard InChI is InChI=1S/C15H15BrClNO/c1-9-3-5-12(16)11(7-9)15(18)10-4-6-14(19-2)13(17)8-10/h3-8,15H,18H2,1-2H3. The summed E-state index contributed by atoms with van der Waals surface area (Å²) in [6.45, 7) is 2.05. The van der Waals surface area contributed by atoms with Crippen LogP contribution >= 0.6 is 27.5 Å². The maximum atomic E-state index is 6.32. The molecule has 4 heteroatoms. The second kappa shape index (κ2) is 5.95. The molecule has 0 saturated heterocycles. The first-order chi connectivity index (χ1) is 9.02. The molecule has 0 amide bonds. The van der Waals surface area contributed by atoms with Crippen molar-refractivity contribution < 1.29 is 4.74 Å². The van der Waals surface area contributed by atoms with Gasteiger partial charge in [-0.3, -0.25) is 0 Å². The van der Waals surface area contributed by atoms with Gasteiger partial charge in [-0.2, -0.15) is 0 Å². The van der Waals surface area contributed by atoms with E-state index in [9.17, 15) is 0 Å². The summed E-state index contributed by atoms with van der Waals surface area (Å²) in [5.74, 6) is 0.654. The normalized spacial score (nSPS) is 12.3. The second-order valence-corrected chi connectivity index (χ2v) is 5.66. The van der Waals surface area contributed by atoms with Crippen LogP contribution in [0.5, 0.6) is 5.75 Å². The number of hydrogen-bond donors (Lipinski definition) is 1. The first kappa shape index (κ1) is 14.4. The summed E-state index contributed by atoms with van der Waals surface area (Å²) in [6.07, 6.45) is 0.